The molecule has 162 valence electrons. The molecule has 0 fully saturated rings. The number of hydrogen-bond donors (Lipinski definition) is 1. The van der Waals surface area contributed by atoms with Crippen LogP contribution in [0.4, 0.5) is 16.2 Å². The number of benzene rings is 2. The van der Waals surface area contributed by atoms with Crippen molar-refractivity contribution in [1.29, 1.82) is 0 Å². The smallest absolute Gasteiger partial charge is 0.322 e. The first-order chi connectivity index (χ1) is 14.8. The third-order valence-electron chi connectivity index (χ3n) is 5.26. The summed E-state index contributed by atoms with van der Waals surface area (Å²) in [6.07, 6.45) is 3.75. The second kappa shape index (κ2) is 9.42. The molecule has 0 aliphatic rings. The molecule has 2 aromatic carbocycles. The Balaban J connectivity index is 1.70. The second-order valence-electron chi connectivity index (χ2n) is 7.84. The van der Waals surface area contributed by atoms with Gasteiger partial charge in [0.05, 0.1) is 11.0 Å². The number of nitro benzene ring substituents is 1. The molecule has 1 aromatic heterocycles. The molecule has 3 rings (SSSR count). The maximum absolute atomic E-state index is 12.8. The Kier molecular flexibility index (Phi) is 6.69. The highest BCUT2D eigenvalue weighted by molar-refractivity contribution is 5.89. The summed E-state index contributed by atoms with van der Waals surface area (Å²) in [5, 5.41) is 13.9. The van der Waals surface area contributed by atoms with Crippen LogP contribution in [0, 0.1) is 10.1 Å². The van der Waals surface area contributed by atoms with Crippen molar-refractivity contribution in [3.05, 3.63) is 88.0 Å². The van der Waals surface area contributed by atoms with Crippen LogP contribution in [0.1, 0.15) is 49.7 Å². The minimum Gasteiger partial charge on any atom is -0.330 e. The summed E-state index contributed by atoms with van der Waals surface area (Å²) in [7, 11) is 1.67. The number of nitrogens with one attached hydrogen (secondary N) is 1. The average molecular weight is 422 g/mol. The number of non-ortho nitro benzene ring substituents is 1. The van der Waals surface area contributed by atoms with E-state index in [1.807, 2.05) is 37.4 Å². The van der Waals surface area contributed by atoms with Crippen LogP contribution < -0.4 is 5.32 Å². The van der Waals surface area contributed by atoms with Crippen molar-refractivity contribution < 1.29 is 9.72 Å². The molecule has 3 aromatic rings. The van der Waals surface area contributed by atoms with Gasteiger partial charge in [-0.25, -0.2) is 9.78 Å². The molecule has 8 nitrogen and oxygen atoms in total. The molecule has 1 heterocycles. The lowest BCUT2D eigenvalue weighted by atomic mass is 10.1. The second-order valence-corrected chi connectivity index (χ2v) is 7.84. The number of nitro groups is 1. The number of rotatable bonds is 7. The van der Waals surface area contributed by atoms with Gasteiger partial charge in [-0.05, 0) is 30.2 Å². The summed E-state index contributed by atoms with van der Waals surface area (Å²) in [6, 6.07) is 13.4. The summed E-state index contributed by atoms with van der Waals surface area (Å²) in [4.78, 5) is 29.3. The normalized spacial score (nSPS) is 11.9. The molecule has 0 aliphatic carbocycles. The largest absolute Gasteiger partial charge is 0.330 e. The Morgan fingerprint density at radius 2 is 1.94 bits per heavy atom. The fraction of sp³-hybridized carbons (Fsp3) is 0.304. The number of imidazole rings is 1. The summed E-state index contributed by atoms with van der Waals surface area (Å²) < 4.78 is 2.10. The molecule has 1 atom stereocenters. The lowest BCUT2D eigenvalue weighted by molar-refractivity contribution is -0.384. The van der Waals surface area contributed by atoms with Gasteiger partial charge in [0.1, 0.15) is 5.82 Å². The Labute approximate surface area is 181 Å². The van der Waals surface area contributed by atoms with Gasteiger partial charge in [-0.3, -0.25) is 10.1 Å². The van der Waals surface area contributed by atoms with Gasteiger partial charge < -0.3 is 14.8 Å². The third-order valence-corrected chi connectivity index (χ3v) is 5.26. The third kappa shape index (κ3) is 5.28. The number of amides is 2. The molecular formula is C23H27N5O3. The van der Waals surface area contributed by atoms with E-state index in [1.165, 1.54) is 17.0 Å². The molecule has 1 N–H and O–H groups in total. The van der Waals surface area contributed by atoms with Crippen molar-refractivity contribution >= 4 is 17.4 Å². The number of anilines is 1. The summed E-state index contributed by atoms with van der Waals surface area (Å²) >= 11 is 0. The fourth-order valence-electron chi connectivity index (χ4n) is 3.41. The van der Waals surface area contributed by atoms with Crippen LogP contribution >= 0.6 is 0 Å². The van der Waals surface area contributed by atoms with Gasteiger partial charge in [0, 0.05) is 49.7 Å². The van der Waals surface area contributed by atoms with E-state index in [1.54, 1.807) is 25.4 Å². The predicted octanol–water partition coefficient (Wildman–Crippen LogP) is 5.19. The van der Waals surface area contributed by atoms with E-state index in [0.717, 1.165) is 11.4 Å². The Morgan fingerprint density at radius 3 is 2.65 bits per heavy atom. The van der Waals surface area contributed by atoms with Gasteiger partial charge in [0.2, 0.25) is 0 Å². The molecule has 0 bridgehead atoms. The van der Waals surface area contributed by atoms with E-state index in [0.29, 0.717) is 23.7 Å². The maximum Gasteiger partial charge on any atom is 0.322 e. The van der Waals surface area contributed by atoms with E-state index in [2.05, 4.69) is 28.7 Å². The van der Waals surface area contributed by atoms with E-state index in [9.17, 15) is 14.9 Å². The van der Waals surface area contributed by atoms with E-state index >= 15 is 0 Å². The van der Waals surface area contributed by atoms with Crippen LogP contribution in [0.3, 0.4) is 0 Å². The van der Waals surface area contributed by atoms with Gasteiger partial charge in [-0.15, -0.1) is 0 Å². The number of hydrogen-bond acceptors (Lipinski definition) is 4. The molecule has 2 amide bonds. The highest BCUT2D eigenvalue weighted by atomic mass is 16.6. The molecule has 31 heavy (non-hydrogen) atoms. The van der Waals surface area contributed by atoms with Gasteiger partial charge >= 0.3 is 6.03 Å². The van der Waals surface area contributed by atoms with Crippen LogP contribution in [0.2, 0.25) is 0 Å². The van der Waals surface area contributed by atoms with Crippen molar-refractivity contribution in [1.82, 2.24) is 14.5 Å². The maximum atomic E-state index is 12.8. The van der Waals surface area contributed by atoms with Crippen LogP contribution in [0.5, 0.6) is 0 Å². The molecule has 0 radical (unpaired) electrons. The number of nitrogens with zero attached hydrogens (tertiary/aromatic N) is 4. The minimum absolute atomic E-state index is 0.00567. The molecule has 0 spiro atoms. The van der Waals surface area contributed by atoms with Crippen LogP contribution in [0.25, 0.3) is 0 Å². The number of urea groups is 1. The molecular weight excluding hydrogens is 394 g/mol. The molecule has 1 unspecified atom stereocenters. The van der Waals surface area contributed by atoms with Gasteiger partial charge in [0.25, 0.3) is 5.69 Å². The first kappa shape index (κ1) is 22.0. The van der Waals surface area contributed by atoms with Crippen LogP contribution in [-0.4, -0.2) is 32.5 Å². The Hall–Kier alpha value is -3.68. The van der Waals surface area contributed by atoms with Crippen molar-refractivity contribution in [3.8, 4) is 0 Å². The van der Waals surface area contributed by atoms with Crippen molar-refractivity contribution in [3.63, 3.8) is 0 Å². The zero-order valence-corrected chi connectivity index (χ0v) is 18.1. The van der Waals surface area contributed by atoms with E-state index < -0.39 is 4.92 Å². The van der Waals surface area contributed by atoms with Gasteiger partial charge in [-0.2, -0.15) is 0 Å². The number of carbonyl (C=O) groups excluding carboxylic acids is 1. The lowest BCUT2D eigenvalue weighted by Crippen LogP contribution is -2.33. The zero-order valence-electron chi connectivity index (χ0n) is 18.1. The summed E-state index contributed by atoms with van der Waals surface area (Å²) in [6.45, 7) is 6.71. The first-order valence-corrected chi connectivity index (χ1v) is 10.1. The minimum atomic E-state index is -0.438. The first-order valence-electron chi connectivity index (χ1n) is 10.1. The standard InChI is InChI=1S/C23H27N5O3/c1-16(2)22-24-11-12-27(22)15-18-7-5-9-20(13-18)25-23(29)26(4)17(3)19-8-6-10-21(14-19)28(30)31/h5-14,16-17H,15H2,1-4H3,(H,25,29). The van der Waals surface area contributed by atoms with E-state index in [-0.39, 0.29) is 17.8 Å². The quantitative estimate of drug-likeness (QED) is 0.420. The molecule has 0 saturated heterocycles. The number of carbonyl (C=O) groups is 1. The van der Waals surface area contributed by atoms with Crippen LogP contribution in [-0.2, 0) is 6.54 Å². The predicted molar refractivity (Wildman–Crippen MR) is 120 cm³/mol. The zero-order chi connectivity index (χ0) is 22.5. The Morgan fingerprint density at radius 1 is 1.19 bits per heavy atom. The van der Waals surface area contributed by atoms with E-state index in [4.69, 9.17) is 0 Å². The van der Waals surface area contributed by atoms with Gasteiger partial charge in [-0.1, -0.05) is 38.1 Å². The summed E-state index contributed by atoms with van der Waals surface area (Å²) in [5.74, 6) is 1.33. The highest BCUT2D eigenvalue weighted by Crippen LogP contribution is 2.24. The fourth-order valence-corrected chi connectivity index (χ4v) is 3.41. The summed E-state index contributed by atoms with van der Waals surface area (Å²) in [5.41, 5.74) is 2.44. The lowest BCUT2D eigenvalue weighted by Gasteiger charge is -2.25. The molecule has 8 heteroatoms. The molecule has 0 aliphatic heterocycles. The van der Waals surface area contributed by atoms with Crippen molar-refractivity contribution in [2.24, 2.45) is 0 Å². The van der Waals surface area contributed by atoms with Gasteiger partial charge in [0.15, 0.2) is 0 Å². The monoisotopic (exact) mass is 421 g/mol. The van der Waals surface area contributed by atoms with Crippen LogP contribution in [0.15, 0.2) is 60.9 Å². The topological polar surface area (TPSA) is 93.3 Å². The number of aromatic nitrogens is 2. The van der Waals surface area contributed by atoms with Crippen molar-refractivity contribution in [2.75, 3.05) is 12.4 Å². The SMILES string of the molecule is CC(C)c1nccn1Cc1cccc(NC(=O)N(C)C(C)c2cccc([N+](=O)[O-])c2)c1. The average Bonchev–Trinajstić information content (AvgIpc) is 3.21. The Bertz CT molecular complexity index is 1080. The highest BCUT2D eigenvalue weighted by Gasteiger charge is 2.19. The van der Waals surface area contributed by atoms with Crippen molar-refractivity contribution in [2.45, 2.75) is 39.3 Å². The molecule has 0 saturated carbocycles.